The van der Waals surface area contributed by atoms with Crippen molar-refractivity contribution < 1.29 is 0 Å². The van der Waals surface area contributed by atoms with Gasteiger partial charge in [0, 0.05) is 38.4 Å². The lowest BCUT2D eigenvalue weighted by Crippen LogP contribution is -2.43. The van der Waals surface area contributed by atoms with Crippen molar-refractivity contribution in [1.82, 2.24) is 10.2 Å². The molecule has 1 aromatic carbocycles. The highest BCUT2D eigenvalue weighted by atomic mass is 15.2. The van der Waals surface area contributed by atoms with Crippen LogP contribution in [-0.2, 0) is 0 Å². The lowest BCUT2D eigenvalue weighted by atomic mass is 10.2. The molecule has 102 valence electrons. The smallest absolute Gasteiger partial charge is 0.0991 e. The number of nitrogens with one attached hydrogen (secondary N) is 2. The second-order valence-corrected chi connectivity index (χ2v) is 4.91. The Bertz CT molecular complexity index is 401. The molecule has 0 spiro atoms. The predicted octanol–water partition coefficient (Wildman–Crippen LogP) is 1.66. The number of piperazine rings is 1. The number of nitrogens with zero attached hydrogens (tertiary/aromatic N) is 2. The second kappa shape index (κ2) is 7.78. The van der Waals surface area contributed by atoms with Gasteiger partial charge in [0.05, 0.1) is 11.6 Å². The quantitative estimate of drug-likeness (QED) is 0.762. The molecule has 0 amide bonds. The molecule has 1 aliphatic heterocycles. The van der Waals surface area contributed by atoms with Crippen LogP contribution in [0.5, 0.6) is 0 Å². The molecular weight excluding hydrogens is 236 g/mol. The summed E-state index contributed by atoms with van der Waals surface area (Å²) in [5.41, 5.74) is 1.81. The van der Waals surface area contributed by atoms with E-state index in [-0.39, 0.29) is 0 Å². The van der Waals surface area contributed by atoms with E-state index in [2.05, 4.69) is 21.6 Å². The normalized spacial score (nSPS) is 15.9. The summed E-state index contributed by atoms with van der Waals surface area (Å²) in [6.07, 6.45) is 2.42. The van der Waals surface area contributed by atoms with Crippen LogP contribution in [0.3, 0.4) is 0 Å². The van der Waals surface area contributed by atoms with Gasteiger partial charge in [-0.1, -0.05) is 0 Å². The Morgan fingerprint density at radius 1 is 1.16 bits per heavy atom. The Kier molecular flexibility index (Phi) is 5.67. The van der Waals surface area contributed by atoms with Crippen LogP contribution in [0.25, 0.3) is 0 Å². The van der Waals surface area contributed by atoms with Gasteiger partial charge in [-0.05, 0) is 43.7 Å². The molecular formula is C15H22N4. The summed E-state index contributed by atoms with van der Waals surface area (Å²) in [7, 11) is 0. The second-order valence-electron chi connectivity index (χ2n) is 4.91. The van der Waals surface area contributed by atoms with Crippen LogP contribution in [0.1, 0.15) is 18.4 Å². The molecule has 0 radical (unpaired) electrons. The zero-order valence-electron chi connectivity index (χ0n) is 11.4. The summed E-state index contributed by atoms with van der Waals surface area (Å²) in [5.74, 6) is 0. The summed E-state index contributed by atoms with van der Waals surface area (Å²) < 4.78 is 0. The van der Waals surface area contributed by atoms with E-state index in [0.29, 0.717) is 5.56 Å². The maximum atomic E-state index is 8.72. The fourth-order valence-corrected chi connectivity index (χ4v) is 2.29. The van der Waals surface area contributed by atoms with Crippen LogP contribution in [0.4, 0.5) is 5.69 Å². The SMILES string of the molecule is N#Cc1ccc(NCCCCN2CCNCC2)cc1. The van der Waals surface area contributed by atoms with Crippen LogP contribution in [-0.4, -0.2) is 44.2 Å². The molecule has 4 nitrogen and oxygen atoms in total. The van der Waals surface area contributed by atoms with Gasteiger partial charge in [0.2, 0.25) is 0 Å². The van der Waals surface area contributed by atoms with Crippen molar-refractivity contribution in [3.63, 3.8) is 0 Å². The van der Waals surface area contributed by atoms with E-state index >= 15 is 0 Å². The molecule has 1 aliphatic rings. The van der Waals surface area contributed by atoms with E-state index < -0.39 is 0 Å². The van der Waals surface area contributed by atoms with E-state index in [1.54, 1.807) is 0 Å². The summed E-state index contributed by atoms with van der Waals surface area (Å²) >= 11 is 0. The third-order valence-electron chi connectivity index (χ3n) is 3.45. The summed E-state index contributed by atoms with van der Waals surface area (Å²) in [4.78, 5) is 2.53. The van der Waals surface area contributed by atoms with Gasteiger partial charge in [0.25, 0.3) is 0 Å². The van der Waals surface area contributed by atoms with E-state index in [4.69, 9.17) is 5.26 Å². The molecule has 1 fully saturated rings. The number of rotatable bonds is 6. The molecule has 0 saturated carbocycles. The Labute approximate surface area is 115 Å². The van der Waals surface area contributed by atoms with Crippen molar-refractivity contribution >= 4 is 5.69 Å². The van der Waals surface area contributed by atoms with Crippen molar-refractivity contribution in [2.75, 3.05) is 44.6 Å². The molecule has 0 aromatic heterocycles. The van der Waals surface area contributed by atoms with E-state index in [1.165, 1.54) is 32.5 Å². The average molecular weight is 258 g/mol. The van der Waals surface area contributed by atoms with Crippen LogP contribution in [0.15, 0.2) is 24.3 Å². The minimum Gasteiger partial charge on any atom is -0.385 e. The van der Waals surface area contributed by atoms with Gasteiger partial charge < -0.3 is 15.5 Å². The van der Waals surface area contributed by atoms with Gasteiger partial charge in [0.15, 0.2) is 0 Å². The first-order valence-electron chi connectivity index (χ1n) is 7.05. The van der Waals surface area contributed by atoms with E-state index in [9.17, 15) is 0 Å². The predicted molar refractivity (Wildman–Crippen MR) is 78.2 cm³/mol. The molecule has 0 atom stereocenters. The number of unbranched alkanes of at least 4 members (excludes halogenated alkanes) is 1. The molecule has 4 heteroatoms. The van der Waals surface area contributed by atoms with Gasteiger partial charge >= 0.3 is 0 Å². The molecule has 19 heavy (non-hydrogen) atoms. The highest BCUT2D eigenvalue weighted by Gasteiger charge is 2.07. The first-order chi connectivity index (χ1) is 9.38. The monoisotopic (exact) mass is 258 g/mol. The van der Waals surface area contributed by atoms with Gasteiger partial charge in [-0.3, -0.25) is 0 Å². The number of benzene rings is 1. The lowest BCUT2D eigenvalue weighted by molar-refractivity contribution is 0.237. The van der Waals surface area contributed by atoms with Gasteiger partial charge in [-0.2, -0.15) is 5.26 Å². The Hall–Kier alpha value is -1.57. The fourth-order valence-electron chi connectivity index (χ4n) is 2.29. The van der Waals surface area contributed by atoms with Crippen molar-refractivity contribution in [1.29, 1.82) is 5.26 Å². The molecule has 1 heterocycles. The van der Waals surface area contributed by atoms with Crippen LogP contribution in [0, 0.1) is 11.3 Å². The average Bonchev–Trinajstić information content (AvgIpc) is 2.49. The molecule has 0 bridgehead atoms. The molecule has 1 aromatic rings. The van der Waals surface area contributed by atoms with Crippen LogP contribution < -0.4 is 10.6 Å². The third kappa shape index (κ3) is 4.90. The summed E-state index contributed by atoms with van der Waals surface area (Å²) in [6.45, 7) is 6.83. The van der Waals surface area contributed by atoms with Crippen molar-refractivity contribution in [3.8, 4) is 6.07 Å². The van der Waals surface area contributed by atoms with E-state index in [1.807, 2.05) is 24.3 Å². The first kappa shape index (κ1) is 13.9. The first-order valence-corrected chi connectivity index (χ1v) is 7.05. The van der Waals surface area contributed by atoms with Crippen molar-refractivity contribution in [3.05, 3.63) is 29.8 Å². The minimum atomic E-state index is 0.712. The van der Waals surface area contributed by atoms with Gasteiger partial charge in [0.1, 0.15) is 0 Å². The van der Waals surface area contributed by atoms with Crippen LogP contribution >= 0.6 is 0 Å². The van der Waals surface area contributed by atoms with E-state index in [0.717, 1.165) is 25.3 Å². The topological polar surface area (TPSA) is 51.1 Å². The highest BCUT2D eigenvalue weighted by Crippen LogP contribution is 2.09. The molecule has 2 rings (SSSR count). The number of nitriles is 1. The fraction of sp³-hybridized carbons (Fsp3) is 0.533. The molecule has 0 unspecified atom stereocenters. The lowest BCUT2D eigenvalue weighted by Gasteiger charge is -2.27. The number of hydrogen-bond acceptors (Lipinski definition) is 4. The summed E-state index contributed by atoms with van der Waals surface area (Å²) in [6, 6.07) is 9.76. The molecule has 2 N–H and O–H groups in total. The number of hydrogen-bond donors (Lipinski definition) is 2. The molecule has 1 saturated heterocycles. The Morgan fingerprint density at radius 3 is 2.58 bits per heavy atom. The zero-order chi connectivity index (χ0) is 13.3. The largest absolute Gasteiger partial charge is 0.385 e. The maximum absolute atomic E-state index is 8.72. The maximum Gasteiger partial charge on any atom is 0.0991 e. The summed E-state index contributed by atoms with van der Waals surface area (Å²) in [5, 5.41) is 15.5. The van der Waals surface area contributed by atoms with Gasteiger partial charge in [-0.15, -0.1) is 0 Å². The van der Waals surface area contributed by atoms with Crippen molar-refractivity contribution in [2.45, 2.75) is 12.8 Å². The van der Waals surface area contributed by atoms with Gasteiger partial charge in [-0.25, -0.2) is 0 Å². The standard InChI is InChI=1S/C15H22N4/c16-13-14-3-5-15(6-4-14)18-7-1-2-10-19-11-8-17-9-12-19/h3-6,17-18H,1-2,7-12H2. The van der Waals surface area contributed by atoms with Crippen molar-refractivity contribution in [2.24, 2.45) is 0 Å². The highest BCUT2D eigenvalue weighted by molar-refractivity contribution is 5.46. The minimum absolute atomic E-state index is 0.712. The third-order valence-corrected chi connectivity index (χ3v) is 3.45. The Balaban J connectivity index is 1.57. The Morgan fingerprint density at radius 2 is 1.89 bits per heavy atom. The molecule has 0 aliphatic carbocycles. The number of anilines is 1. The van der Waals surface area contributed by atoms with Crippen LogP contribution in [0.2, 0.25) is 0 Å². The zero-order valence-corrected chi connectivity index (χ0v) is 11.4.